The monoisotopic (exact) mass is 202 g/mol. The second-order valence-corrected chi connectivity index (χ2v) is 4.47. The van der Waals surface area contributed by atoms with Crippen molar-refractivity contribution in [3.05, 3.63) is 21.3 Å². The number of thiophene rings is 1. The largest absolute Gasteiger partial charge is 0.271 e. The van der Waals surface area contributed by atoms with Gasteiger partial charge in [0.15, 0.2) is 0 Å². The molecule has 12 heavy (non-hydrogen) atoms. The lowest BCUT2D eigenvalue weighted by atomic mass is 10.1. The minimum absolute atomic E-state index is 0.275. The van der Waals surface area contributed by atoms with Crippen LogP contribution in [0.4, 0.5) is 0 Å². The summed E-state index contributed by atoms with van der Waals surface area (Å²) in [5, 5.41) is 2.85. The molecule has 0 amide bonds. The van der Waals surface area contributed by atoms with Gasteiger partial charge in [-0.2, -0.15) is 0 Å². The average Bonchev–Trinajstić information content (AvgIpc) is 2.80. The van der Waals surface area contributed by atoms with Gasteiger partial charge in [-0.15, -0.1) is 11.3 Å². The van der Waals surface area contributed by atoms with Gasteiger partial charge in [-0.3, -0.25) is 11.3 Å². The van der Waals surface area contributed by atoms with E-state index in [2.05, 4.69) is 5.43 Å². The van der Waals surface area contributed by atoms with Gasteiger partial charge in [-0.1, -0.05) is 11.6 Å². The molecule has 0 saturated heterocycles. The summed E-state index contributed by atoms with van der Waals surface area (Å²) in [5.74, 6) is 6.17. The molecular weight excluding hydrogens is 192 g/mol. The average molecular weight is 203 g/mol. The molecule has 66 valence electrons. The van der Waals surface area contributed by atoms with Crippen LogP contribution in [-0.4, -0.2) is 0 Å². The standard InChI is InChI=1S/C8H11ClN2S/c9-6-3-4-12-8(6)7(11-10)5-1-2-5/h3-5,7,11H,1-2,10H2. The highest BCUT2D eigenvalue weighted by molar-refractivity contribution is 7.10. The third-order valence-corrected chi connectivity index (χ3v) is 3.64. The Morgan fingerprint density at radius 1 is 1.67 bits per heavy atom. The maximum absolute atomic E-state index is 6.00. The number of hydrazine groups is 1. The predicted octanol–water partition coefficient (Wildman–Crippen LogP) is 2.32. The number of hydrogen-bond acceptors (Lipinski definition) is 3. The number of rotatable bonds is 3. The third kappa shape index (κ3) is 1.50. The fourth-order valence-electron chi connectivity index (χ4n) is 1.38. The fourth-order valence-corrected chi connectivity index (χ4v) is 2.71. The third-order valence-electron chi connectivity index (χ3n) is 2.20. The van der Waals surface area contributed by atoms with Crippen molar-refractivity contribution in [3.63, 3.8) is 0 Å². The maximum Gasteiger partial charge on any atom is 0.0596 e. The minimum Gasteiger partial charge on any atom is -0.271 e. The van der Waals surface area contributed by atoms with Gasteiger partial charge in [0.1, 0.15) is 0 Å². The lowest BCUT2D eigenvalue weighted by molar-refractivity contribution is 0.504. The van der Waals surface area contributed by atoms with Gasteiger partial charge >= 0.3 is 0 Å². The summed E-state index contributed by atoms with van der Waals surface area (Å²) in [4.78, 5) is 1.18. The molecule has 0 aromatic carbocycles. The Labute approximate surface area is 80.7 Å². The Morgan fingerprint density at radius 2 is 2.42 bits per heavy atom. The molecule has 2 rings (SSSR count). The van der Waals surface area contributed by atoms with Crippen molar-refractivity contribution in [3.8, 4) is 0 Å². The van der Waals surface area contributed by atoms with E-state index in [4.69, 9.17) is 17.4 Å². The molecule has 1 aliphatic carbocycles. The van der Waals surface area contributed by atoms with E-state index in [9.17, 15) is 0 Å². The van der Waals surface area contributed by atoms with Crippen LogP contribution in [0.3, 0.4) is 0 Å². The van der Waals surface area contributed by atoms with Crippen LogP contribution in [0.1, 0.15) is 23.8 Å². The molecule has 0 bridgehead atoms. The van der Waals surface area contributed by atoms with E-state index in [0.29, 0.717) is 5.92 Å². The van der Waals surface area contributed by atoms with Gasteiger partial charge in [-0.05, 0) is 30.2 Å². The van der Waals surface area contributed by atoms with Crippen molar-refractivity contribution >= 4 is 22.9 Å². The molecule has 1 fully saturated rings. The molecule has 1 aliphatic rings. The van der Waals surface area contributed by atoms with Crippen LogP contribution >= 0.6 is 22.9 Å². The molecule has 1 atom stereocenters. The highest BCUT2D eigenvalue weighted by Crippen LogP contribution is 2.44. The second-order valence-electron chi connectivity index (χ2n) is 3.11. The Hall–Kier alpha value is -0.0900. The summed E-state index contributed by atoms with van der Waals surface area (Å²) in [5.41, 5.74) is 2.83. The van der Waals surface area contributed by atoms with Crippen LogP contribution in [0.15, 0.2) is 11.4 Å². The van der Waals surface area contributed by atoms with Crippen molar-refractivity contribution in [2.45, 2.75) is 18.9 Å². The van der Waals surface area contributed by atoms with Gasteiger partial charge in [0.25, 0.3) is 0 Å². The number of nitrogens with one attached hydrogen (secondary N) is 1. The van der Waals surface area contributed by atoms with Crippen LogP contribution in [-0.2, 0) is 0 Å². The Morgan fingerprint density at radius 3 is 2.83 bits per heavy atom. The molecule has 2 nitrogen and oxygen atoms in total. The van der Waals surface area contributed by atoms with Gasteiger partial charge in [0.2, 0.25) is 0 Å². The first-order valence-corrected chi connectivity index (χ1v) is 5.27. The molecule has 1 unspecified atom stereocenters. The zero-order valence-electron chi connectivity index (χ0n) is 6.59. The number of halogens is 1. The van der Waals surface area contributed by atoms with Gasteiger partial charge in [-0.25, -0.2) is 0 Å². The van der Waals surface area contributed by atoms with Crippen LogP contribution < -0.4 is 11.3 Å². The first-order chi connectivity index (χ1) is 5.83. The molecule has 4 heteroatoms. The maximum atomic E-state index is 6.00. The van der Waals surface area contributed by atoms with E-state index < -0.39 is 0 Å². The normalized spacial score (nSPS) is 19.5. The van der Waals surface area contributed by atoms with Crippen LogP contribution in [0, 0.1) is 5.92 Å². The zero-order valence-corrected chi connectivity index (χ0v) is 8.16. The van der Waals surface area contributed by atoms with E-state index in [0.717, 1.165) is 5.02 Å². The molecule has 1 aromatic rings. The first-order valence-electron chi connectivity index (χ1n) is 4.02. The summed E-state index contributed by atoms with van der Waals surface area (Å²) in [6.07, 6.45) is 2.53. The summed E-state index contributed by atoms with van der Waals surface area (Å²) in [6.45, 7) is 0. The summed E-state index contributed by atoms with van der Waals surface area (Å²) < 4.78 is 0. The summed E-state index contributed by atoms with van der Waals surface area (Å²) in [6, 6.07) is 2.20. The van der Waals surface area contributed by atoms with Crippen molar-refractivity contribution in [2.75, 3.05) is 0 Å². The first kappa shape index (κ1) is 8.51. The Kier molecular flexibility index (Phi) is 2.37. The highest BCUT2D eigenvalue weighted by atomic mass is 35.5. The smallest absolute Gasteiger partial charge is 0.0596 e. The van der Waals surface area contributed by atoms with Crippen LogP contribution in [0.5, 0.6) is 0 Å². The minimum atomic E-state index is 0.275. The predicted molar refractivity (Wildman–Crippen MR) is 52.1 cm³/mol. The zero-order chi connectivity index (χ0) is 8.55. The van der Waals surface area contributed by atoms with Gasteiger partial charge in [0.05, 0.1) is 11.1 Å². The molecule has 0 aliphatic heterocycles. The van der Waals surface area contributed by atoms with E-state index in [-0.39, 0.29) is 6.04 Å². The Balaban J connectivity index is 2.20. The van der Waals surface area contributed by atoms with Crippen molar-refractivity contribution < 1.29 is 0 Å². The lowest BCUT2D eigenvalue weighted by Gasteiger charge is -2.13. The van der Waals surface area contributed by atoms with Crippen LogP contribution in [0.2, 0.25) is 5.02 Å². The topological polar surface area (TPSA) is 38.0 Å². The second kappa shape index (κ2) is 3.34. The Bertz CT molecular complexity index is 270. The summed E-state index contributed by atoms with van der Waals surface area (Å²) >= 11 is 7.68. The van der Waals surface area contributed by atoms with Crippen molar-refractivity contribution in [1.29, 1.82) is 0 Å². The highest BCUT2D eigenvalue weighted by Gasteiger charge is 2.33. The molecule has 0 spiro atoms. The molecular formula is C8H11ClN2S. The van der Waals surface area contributed by atoms with E-state index >= 15 is 0 Å². The van der Waals surface area contributed by atoms with Crippen molar-refractivity contribution in [1.82, 2.24) is 5.43 Å². The van der Waals surface area contributed by atoms with E-state index in [1.54, 1.807) is 11.3 Å². The van der Waals surface area contributed by atoms with E-state index in [1.807, 2.05) is 11.4 Å². The molecule has 1 saturated carbocycles. The molecule has 0 radical (unpaired) electrons. The molecule has 3 N–H and O–H groups in total. The fraction of sp³-hybridized carbons (Fsp3) is 0.500. The number of nitrogens with two attached hydrogens (primary N) is 1. The van der Waals surface area contributed by atoms with Crippen LogP contribution in [0.25, 0.3) is 0 Å². The molecule has 1 heterocycles. The van der Waals surface area contributed by atoms with Crippen molar-refractivity contribution in [2.24, 2.45) is 11.8 Å². The summed E-state index contributed by atoms with van der Waals surface area (Å²) in [7, 11) is 0. The van der Waals surface area contributed by atoms with E-state index in [1.165, 1.54) is 17.7 Å². The molecule has 1 aromatic heterocycles. The van der Waals surface area contributed by atoms with Gasteiger partial charge < -0.3 is 0 Å². The lowest BCUT2D eigenvalue weighted by Crippen LogP contribution is -2.28. The number of hydrogen-bond donors (Lipinski definition) is 2. The van der Waals surface area contributed by atoms with Gasteiger partial charge in [0, 0.05) is 4.88 Å². The SMILES string of the molecule is NNC(c1sccc1Cl)C1CC1. The quantitative estimate of drug-likeness (QED) is 0.583.